The van der Waals surface area contributed by atoms with E-state index in [4.69, 9.17) is 0 Å². The predicted octanol–water partition coefficient (Wildman–Crippen LogP) is 1.59. The second-order valence-corrected chi connectivity index (χ2v) is 11.1. The second kappa shape index (κ2) is 13.8. The molecule has 196 valence electrons. The lowest BCUT2D eigenvalue weighted by Crippen LogP contribution is -2.51. The summed E-state index contributed by atoms with van der Waals surface area (Å²) in [4.78, 5) is 24.0. The second-order valence-electron chi connectivity index (χ2n) is 11.1. The number of aliphatic hydroxyl groups is 2. The van der Waals surface area contributed by atoms with Crippen LogP contribution in [0, 0.1) is 11.8 Å². The molecule has 0 aromatic rings. The van der Waals surface area contributed by atoms with Crippen LogP contribution in [0.4, 0.5) is 0 Å². The third-order valence-electron chi connectivity index (χ3n) is 8.19. The number of hydrogen-bond donors (Lipinski definition) is 6. The molecular formula is C26H48N4O4. The summed E-state index contributed by atoms with van der Waals surface area (Å²) in [5.41, 5.74) is 0. The van der Waals surface area contributed by atoms with E-state index in [0.29, 0.717) is 11.8 Å². The minimum Gasteiger partial charge on any atom is -0.393 e. The van der Waals surface area contributed by atoms with Gasteiger partial charge in [-0.2, -0.15) is 0 Å². The average molecular weight is 481 g/mol. The van der Waals surface area contributed by atoms with Crippen LogP contribution in [-0.2, 0) is 9.59 Å². The molecular weight excluding hydrogens is 432 g/mol. The molecule has 2 saturated heterocycles. The van der Waals surface area contributed by atoms with E-state index < -0.39 is 0 Å². The van der Waals surface area contributed by atoms with Crippen LogP contribution in [0.15, 0.2) is 0 Å². The molecule has 0 aromatic carbocycles. The number of hydrogen-bond acceptors (Lipinski definition) is 6. The van der Waals surface area contributed by atoms with Crippen LogP contribution >= 0.6 is 0 Å². The largest absolute Gasteiger partial charge is 0.393 e. The number of rotatable bonds is 4. The number of carbonyl (C=O) groups is 2. The third kappa shape index (κ3) is 8.47. The lowest BCUT2D eigenvalue weighted by atomic mass is 9.84. The van der Waals surface area contributed by atoms with Gasteiger partial charge in [-0.3, -0.25) is 9.59 Å². The molecule has 34 heavy (non-hydrogen) atoms. The molecule has 6 N–H and O–H groups in total. The van der Waals surface area contributed by atoms with Gasteiger partial charge in [0.15, 0.2) is 0 Å². The molecule has 4 fully saturated rings. The zero-order chi connectivity index (χ0) is 24.5. The number of carbonyl (C=O) groups excluding carboxylic acids is 2. The molecule has 4 aliphatic rings. The fraction of sp³-hybridized carbons (Fsp3) is 0.923. The van der Waals surface area contributed by atoms with E-state index in [-0.39, 0.29) is 48.2 Å². The first-order valence-electron chi connectivity index (χ1n) is 13.8. The highest BCUT2D eigenvalue weighted by atomic mass is 16.3. The maximum absolute atomic E-state index is 12.0. The van der Waals surface area contributed by atoms with E-state index >= 15 is 0 Å². The molecule has 8 nitrogen and oxygen atoms in total. The first kappa shape index (κ1) is 27.4. The summed E-state index contributed by atoms with van der Waals surface area (Å²) in [5.74, 6) is 0.901. The van der Waals surface area contributed by atoms with Crippen LogP contribution in [-0.4, -0.2) is 71.5 Å². The van der Waals surface area contributed by atoms with Crippen LogP contribution in [0.5, 0.6) is 0 Å². The van der Waals surface area contributed by atoms with Crippen molar-refractivity contribution in [1.82, 2.24) is 21.3 Å². The van der Waals surface area contributed by atoms with Gasteiger partial charge in [0.2, 0.25) is 11.8 Å². The fourth-order valence-corrected chi connectivity index (χ4v) is 5.78. The Morgan fingerprint density at radius 2 is 1.06 bits per heavy atom. The number of amides is 2. The Morgan fingerprint density at radius 3 is 1.38 bits per heavy atom. The molecule has 2 amide bonds. The highest BCUT2D eigenvalue weighted by Crippen LogP contribution is 2.25. The van der Waals surface area contributed by atoms with Gasteiger partial charge in [0.05, 0.1) is 24.3 Å². The van der Waals surface area contributed by atoms with E-state index in [1.165, 1.54) is 12.8 Å². The normalized spacial score (nSPS) is 38.7. The maximum Gasteiger partial charge on any atom is 0.237 e. The molecule has 2 saturated carbocycles. The first-order chi connectivity index (χ1) is 16.3. The Labute approximate surface area is 205 Å². The van der Waals surface area contributed by atoms with Gasteiger partial charge >= 0.3 is 0 Å². The van der Waals surface area contributed by atoms with Gasteiger partial charge in [0.1, 0.15) is 0 Å². The zero-order valence-corrected chi connectivity index (χ0v) is 21.2. The van der Waals surface area contributed by atoms with E-state index in [9.17, 15) is 19.8 Å². The smallest absolute Gasteiger partial charge is 0.237 e. The Balaban J connectivity index is 0.000000191. The molecule has 8 heteroatoms. The van der Waals surface area contributed by atoms with E-state index in [1.54, 1.807) is 0 Å². The van der Waals surface area contributed by atoms with Gasteiger partial charge in [-0.1, -0.05) is 26.7 Å². The van der Waals surface area contributed by atoms with Crippen molar-refractivity contribution in [2.75, 3.05) is 13.1 Å². The summed E-state index contributed by atoms with van der Waals surface area (Å²) in [6.07, 6.45) is 11.4. The van der Waals surface area contributed by atoms with Gasteiger partial charge < -0.3 is 31.5 Å². The highest BCUT2D eigenvalue weighted by molar-refractivity contribution is 5.82. The Kier molecular flexibility index (Phi) is 11.1. The lowest BCUT2D eigenvalue weighted by Gasteiger charge is -2.33. The molecule has 0 aromatic heterocycles. The Bertz CT molecular complexity index is 582. The quantitative estimate of drug-likeness (QED) is 0.363. The number of aliphatic hydroxyl groups excluding tert-OH is 2. The predicted molar refractivity (Wildman–Crippen MR) is 133 cm³/mol. The van der Waals surface area contributed by atoms with Gasteiger partial charge in [0.25, 0.3) is 0 Å². The molecule has 2 aliphatic heterocycles. The molecule has 2 heterocycles. The minimum atomic E-state index is -0.184. The SMILES string of the molecule is C[C@@H]1C[C@@H](NC(=O)[C@@H]2CCCCN2)CC[C@H]1O.C[C@H]1C[C@H](NC(=O)[C@@H]2CCCCN2)CC[C@@H]1O. The van der Waals surface area contributed by atoms with Crippen LogP contribution in [0.1, 0.15) is 90.9 Å². The molecule has 0 radical (unpaired) electrons. The van der Waals surface area contributed by atoms with Crippen LogP contribution in [0.3, 0.4) is 0 Å². The summed E-state index contributed by atoms with van der Waals surface area (Å²) in [6.45, 7) is 6.03. The van der Waals surface area contributed by atoms with Crippen molar-refractivity contribution < 1.29 is 19.8 Å². The first-order valence-corrected chi connectivity index (χ1v) is 13.8. The topological polar surface area (TPSA) is 123 Å². The van der Waals surface area contributed by atoms with Gasteiger partial charge in [-0.05, 0) is 89.1 Å². The van der Waals surface area contributed by atoms with E-state index in [1.807, 2.05) is 0 Å². The Hall–Kier alpha value is -1.22. The molecule has 2 aliphatic carbocycles. The summed E-state index contributed by atoms with van der Waals surface area (Å²) in [6, 6.07) is 0.520. The molecule has 0 bridgehead atoms. The monoisotopic (exact) mass is 480 g/mol. The molecule has 0 spiro atoms. The average Bonchev–Trinajstić information content (AvgIpc) is 2.85. The molecule has 4 rings (SSSR count). The van der Waals surface area contributed by atoms with Crippen molar-refractivity contribution in [1.29, 1.82) is 0 Å². The lowest BCUT2D eigenvalue weighted by molar-refractivity contribution is -0.125. The van der Waals surface area contributed by atoms with E-state index in [2.05, 4.69) is 35.1 Å². The van der Waals surface area contributed by atoms with Gasteiger partial charge in [-0.25, -0.2) is 0 Å². The summed E-state index contributed by atoms with van der Waals surface area (Å²) in [5, 5.41) is 32.1. The summed E-state index contributed by atoms with van der Waals surface area (Å²) >= 11 is 0. The van der Waals surface area contributed by atoms with Crippen LogP contribution < -0.4 is 21.3 Å². The van der Waals surface area contributed by atoms with Crippen molar-refractivity contribution >= 4 is 11.8 Å². The number of piperidine rings is 2. The van der Waals surface area contributed by atoms with Crippen LogP contribution in [0.25, 0.3) is 0 Å². The van der Waals surface area contributed by atoms with Crippen molar-refractivity contribution in [3.63, 3.8) is 0 Å². The summed E-state index contributed by atoms with van der Waals surface area (Å²) < 4.78 is 0. The van der Waals surface area contributed by atoms with Crippen molar-refractivity contribution in [2.45, 2.75) is 127 Å². The minimum absolute atomic E-state index is 0.00547. The highest BCUT2D eigenvalue weighted by Gasteiger charge is 2.30. The summed E-state index contributed by atoms with van der Waals surface area (Å²) in [7, 11) is 0. The van der Waals surface area contributed by atoms with Gasteiger partial charge in [-0.15, -0.1) is 0 Å². The maximum atomic E-state index is 12.0. The molecule has 8 atom stereocenters. The standard InChI is InChI=1S/2C13H24N2O2/c2*1-9-8-10(5-6-12(9)16)15-13(17)11-4-2-3-7-14-11/h2*9-12,14,16H,2-8H2,1H3,(H,15,17)/t9-,10+,11+,12-;9-,10+,11-,12-/m10/s1. The fourth-order valence-electron chi connectivity index (χ4n) is 5.78. The number of nitrogens with one attached hydrogen (secondary N) is 4. The van der Waals surface area contributed by atoms with Crippen molar-refractivity contribution in [3.05, 3.63) is 0 Å². The van der Waals surface area contributed by atoms with E-state index in [0.717, 1.165) is 77.3 Å². The Morgan fingerprint density at radius 1 is 0.647 bits per heavy atom. The third-order valence-corrected chi connectivity index (χ3v) is 8.19. The van der Waals surface area contributed by atoms with Crippen molar-refractivity contribution in [2.24, 2.45) is 11.8 Å². The molecule has 0 unspecified atom stereocenters. The van der Waals surface area contributed by atoms with Crippen molar-refractivity contribution in [3.8, 4) is 0 Å². The zero-order valence-electron chi connectivity index (χ0n) is 21.2. The van der Waals surface area contributed by atoms with Gasteiger partial charge in [0, 0.05) is 12.1 Å². The van der Waals surface area contributed by atoms with Crippen LogP contribution in [0.2, 0.25) is 0 Å².